The highest BCUT2D eigenvalue weighted by atomic mass is 32.2. The molecule has 1 aliphatic rings. The predicted octanol–water partition coefficient (Wildman–Crippen LogP) is 4.47. The number of hydrogen-bond donors (Lipinski definition) is 0. The van der Waals surface area contributed by atoms with Gasteiger partial charge in [-0.3, -0.25) is 9.59 Å². The van der Waals surface area contributed by atoms with Crippen molar-refractivity contribution in [2.45, 2.75) is 49.6 Å². The lowest BCUT2D eigenvalue weighted by Crippen LogP contribution is -2.37. The van der Waals surface area contributed by atoms with Crippen molar-refractivity contribution >= 4 is 29.3 Å². The van der Waals surface area contributed by atoms with E-state index in [2.05, 4.69) is 11.9 Å². The van der Waals surface area contributed by atoms with Gasteiger partial charge in [-0.25, -0.2) is 4.98 Å². The molecule has 0 atom stereocenters. The molecular weight excluding hydrogens is 358 g/mol. The topological polar surface area (TPSA) is 53.5 Å². The van der Waals surface area contributed by atoms with Crippen LogP contribution in [0.15, 0.2) is 46.5 Å². The van der Waals surface area contributed by atoms with Crippen LogP contribution in [0, 0.1) is 0 Å². The van der Waals surface area contributed by atoms with Gasteiger partial charge in [-0.1, -0.05) is 25.1 Å². The number of carbonyl (C=O) groups excluding carboxylic acids is 2. The zero-order valence-electron chi connectivity index (χ0n) is 16.2. The normalized spacial score (nSPS) is 13.2. The molecule has 6 heteroatoms. The Morgan fingerprint density at radius 1 is 1.30 bits per heavy atom. The van der Waals surface area contributed by atoms with Crippen LogP contribution in [0.5, 0.6) is 0 Å². The summed E-state index contributed by atoms with van der Waals surface area (Å²) in [6.45, 7) is 6.83. The van der Waals surface area contributed by atoms with Crippen molar-refractivity contribution in [1.29, 1.82) is 0 Å². The summed E-state index contributed by atoms with van der Waals surface area (Å²) < 4.78 is 0. The molecule has 0 fully saturated rings. The average molecular weight is 384 g/mol. The summed E-state index contributed by atoms with van der Waals surface area (Å²) in [6.07, 6.45) is 3.72. The third-order valence-corrected chi connectivity index (χ3v) is 5.67. The average Bonchev–Trinajstić information content (AvgIpc) is 2.78. The van der Waals surface area contributed by atoms with Gasteiger partial charge in [0.1, 0.15) is 5.03 Å². The number of nitrogens with zero attached hydrogens (tertiary/aromatic N) is 3. The highest BCUT2D eigenvalue weighted by Crippen LogP contribution is 2.41. The first-order valence-electron chi connectivity index (χ1n) is 9.30. The van der Waals surface area contributed by atoms with Crippen molar-refractivity contribution in [1.82, 2.24) is 9.88 Å². The van der Waals surface area contributed by atoms with E-state index in [9.17, 15) is 9.59 Å². The minimum Gasteiger partial charge on any atom is -0.342 e. The molecule has 1 aliphatic heterocycles. The summed E-state index contributed by atoms with van der Waals surface area (Å²) in [7, 11) is 1.83. The minimum atomic E-state index is -0.0570. The van der Waals surface area contributed by atoms with Crippen LogP contribution in [0.2, 0.25) is 0 Å². The summed E-state index contributed by atoms with van der Waals surface area (Å²) in [6, 6.07) is 9.17. The maximum atomic E-state index is 13.1. The van der Waals surface area contributed by atoms with E-state index >= 15 is 0 Å². The van der Waals surface area contributed by atoms with Crippen molar-refractivity contribution < 1.29 is 9.59 Å². The van der Waals surface area contributed by atoms with Gasteiger partial charge >= 0.3 is 0 Å². The van der Waals surface area contributed by atoms with Gasteiger partial charge in [0.15, 0.2) is 0 Å². The van der Waals surface area contributed by atoms with Crippen LogP contribution in [-0.2, 0) is 0 Å². The fraction of sp³-hybridized carbons (Fsp3) is 0.381. The van der Waals surface area contributed by atoms with Crippen LogP contribution in [0.1, 0.15) is 54.3 Å². The summed E-state index contributed by atoms with van der Waals surface area (Å²) >= 11 is 1.45. The van der Waals surface area contributed by atoms with E-state index in [0.717, 1.165) is 30.0 Å². The smallest absolute Gasteiger partial charge is 0.261 e. The molecule has 1 aromatic carbocycles. The molecule has 2 aromatic rings. The van der Waals surface area contributed by atoms with Gasteiger partial charge in [0.05, 0.1) is 11.3 Å². The third kappa shape index (κ3) is 3.86. The molecule has 0 spiro atoms. The molecule has 0 unspecified atom stereocenters. The largest absolute Gasteiger partial charge is 0.342 e. The number of anilines is 1. The molecule has 2 amide bonds. The number of hydrogen-bond acceptors (Lipinski definition) is 4. The molecule has 142 valence electrons. The van der Waals surface area contributed by atoms with Crippen LogP contribution in [-0.4, -0.2) is 41.3 Å². The molecule has 3 rings (SSSR count). The highest BCUT2D eigenvalue weighted by Gasteiger charge is 2.30. The summed E-state index contributed by atoms with van der Waals surface area (Å²) in [5.74, 6) is -0.0572. The molecule has 1 aromatic heterocycles. The first-order chi connectivity index (χ1) is 12.9. The predicted molar refractivity (Wildman–Crippen MR) is 109 cm³/mol. The lowest BCUT2D eigenvalue weighted by Gasteiger charge is -2.27. The van der Waals surface area contributed by atoms with Gasteiger partial charge < -0.3 is 9.80 Å². The molecule has 0 N–H and O–H groups in total. The molecule has 0 saturated carbocycles. The van der Waals surface area contributed by atoms with Gasteiger partial charge in [-0.05, 0) is 50.6 Å². The molecule has 2 heterocycles. The standard InChI is InChI=1S/C21H25N3O2S/c1-5-6-12-23(4)20(25)15-9-10-17-18(13-15)27-19-16(8-7-11-22-19)21(26)24(17)14(2)3/h7-11,13-14H,5-6,12H2,1-4H3. The number of unbranched alkanes of at least 4 members (excludes halogenated alkanes) is 1. The van der Waals surface area contributed by atoms with E-state index in [4.69, 9.17) is 0 Å². The van der Waals surface area contributed by atoms with Crippen molar-refractivity contribution in [2.75, 3.05) is 18.5 Å². The van der Waals surface area contributed by atoms with Gasteiger partial charge in [0.25, 0.3) is 11.8 Å². The summed E-state index contributed by atoms with van der Waals surface area (Å²) in [4.78, 5) is 34.7. The number of aromatic nitrogens is 1. The van der Waals surface area contributed by atoms with E-state index < -0.39 is 0 Å². The van der Waals surface area contributed by atoms with Crippen molar-refractivity contribution in [3.05, 3.63) is 47.7 Å². The fourth-order valence-corrected chi connectivity index (χ4v) is 4.18. The molecule has 0 bridgehead atoms. The monoisotopic (exact) mass is 383 g/mol. The minimum absolute atomic E-state index is 0.000218. The van der Waals surface area contributed by atoms with E-state index in [1.54, 1.807) is 22.1 Å². The number of rotatable bonds is 5. The number of amides is 2. The van der Waals surface area contributed by atoms with Crippen LogP contribution in [0.4, 0.5) is 5.69 Å². The maximum absolute atomic E-state index is 13.1. The SMILES string of the molecule is CCCCN(C)C(=O)c1ccc2c(c1)Sc1ncccc1C(=O)N2C(C)C. The molecule has 0 saturated heterocycles. The second kappa shape index (κ2) is 8.13. The zero-order valence-corrected chi connectivity index (χ0v) is 17.0. The zero-order chi connectivity index (χ0) is 19.6. The Bertz CT molecular complexity index is 866. The highest BCUT2D eigenvalue weighted by molar-refractivity contribution is 7.99. The Morgan fingerprint density at radius 3 is 2.78 bits per heavy atom. The van der Waals surface area contributed by atoms with Gasteiger partial charge in [0, 0.05) is 36.3 Å². The van der Waals surface area contributed by atoms with E-state index in [-0.39, 0.29) is 17.9 Å². The Labute approximate surface area is 164 Å². The molecular formula is C21H25N3O2S. The molecule has 5 nitrogen and oxygen atoms in total. The van der Waals surface area contributed by atoms with Gasteiger partial charge in [0.2, 0.25) is 0 Å². The summed E-state index contributed by atoms with van der Waals surface area (Å²) in [5.41, 5.74) is 2.06. The second-order valence-corrected chi connectivity index (χ2v) is 8.02. The molecule has 0 aliphatic carbocycles. The number of benzene rings is 1. The Balaban J connectivity index is 2.03. The second-order valence-electron chi connectivity index (χ2n) is 6.99. The van der Waals surface area contributed by atoms with Gasteiger partial charge in [-0.15, -0.1) is 0 Å². The van der Waals surface area contributed by atoms with E-state index in [0.29, 0.717) is 16.2 Å². The maximum Gasteiger partial charge on any atom is 0.261 e. The fourth-order valence-electron chi connectivity index (χ4n) is 3.14. The van der Waals surface area contributed by atoms with Gasteiger partial charge in [-0.2, -0.15) is 0 Å². The number of fused-ring (bicyclic) bond motifs is 2. The number of carbonyl (C=O) groups is 2. The van der Waals surface area contributed by atoms with E-state index in [1.165, 1.54) is 11.8 Å². The third-order valence-electron chi connectivity index (χ3n) is 4.60. The van der Waals surface area contributed by atoms with Crippen LogP contribution in [0.25, 0.3) is 0 Å². The first kappa shape index (κ1) is 19.4. The Hall–Kier alpha value is -2.34. The lowest BCUT2D eigenvalue weighted by molar-refractivity contribution is 0.0793. The van der Waals surface area contributed by atoms with E-state index in [1.807, 2.05) is 45.2 Å². The van der Waals surface area contributed by atoms with Crippen LogP contribution >= 0.6 is 11.8 Å². The quantitative estimate of drug-likeness (QED) is 0.764. The van der Waals surface area contributed by atoms with Crippen LogP contribution < -0.4 is 4.90 Å². The van der Waals surface area contributed by atoms with Crippen molar-refractivity contribution in [3.63, 3.8) is 0 Å². The Kier molecular flexibility index (Phi) is 5.85. The first-order valence-corrected chi connectivity index (χ1v) is 10.1. The summed E-state index contributed by atoms with van der Waals surface area (Å²) in [5, 5.41) is 0.677. The Morgan fingerprint density at radius 2 is 2.07 bits per heavy atom. The lowest BCUT2D eigenvalue weighted by atomic mass is 10.1. The van der Waals surface area contributed by atoms with Crippen LogP contribution in [0.3, 0.4) is 0 Å². The van der Waals surface area contributed by atoms with Crippen molar-refractivity contribution in [3.8, 4) is 0 Å². The van der Waals surface area contributed by atoms with Crippen molar-refractivity contribution in [2.24, 2.45) is 0 Å². The number of pyridine rings is 1. The molecule has 0 radical (unpaired) electrons. The molecule has 27 heavy (non-hydrogen) atoms.